The Morgan fingerprint density at radius 2 is 1.95 bits per heavy atom. The van der Waals surface area contributed by atoms with Crippen molar-refractivity contribution < 1.29 is 0 Å². The van der Waals surface area contributed by atoms with Crippen molar-refractivity contribution in [1.82, 2.24) is 10.2 Å². The van der Waals surface area contributed by atoms with Crippen LogP contribution in [-0.2, 0) is 0 Å². The van der Waals surface area contributed by atoms with E-state index in [-0.39, 0.29) is 0 Å². The van der Waals surface area contributed by atoms with E-state index in [1.165, 1.54) is 29.3 Å². The van der Waals surface area contributed by atoms with Crippen LogP contribution in [0.4, 0.5) is 0 Å². The van der Waals surface area contributed by atoms with Crippen LogP contribution in [-0.4, -0.2) is 31.1 Å². The summed E-state index contributed by atoms with van der Waals surface area (Å²) in [5.74, 6) is 0. The summed E-state index contributed by atoms with van der Waals surface area (Å²) < 4.78 is 0. The van der Waals surface area contributed by atoms with Crippen molar-refractivity contribution in [2.75, 3.05) is 20.1 Å². The molecule has 1 heterocycles. The highest BCUT2D eigenvalue weighted by Gasteiger charge is 2.21. The molecule has 19 heavy (non-hydrogen) atoms. The lowest BCUT2D eigenvalue weighted by atomic mass is 9.99. The largest absolute Gasteiger partial charge is 0.306 e. The number of likely N-dealkylation sites (tertiary alicyclic amines) is 1. The number of hydrogen-bond acceptors (Lipinski definition) is 2. The Morgan fingerprint density at radius 3 is 2.74 bits per heavy atom. The summed E-state index contributed by atoms with van der Waals surface area (Å²) in [5, 5.41) is 6.48. The Labute approximate surface area is 115 Å². The Morgan fingerprint density at radius 1 is 1.16 bits per heavy atom. The smallest absolute Gasteiger partial charge is 0.0301 e. The molecule has 1 saturated heterocycles. The first kappa shape index (κ1) is 12.6. The third kappa shape index (κ3) is 2.65. The van der Waals surface area contributed by atoms with Crippen LogP contribution in [0.25, 0.3) is 10.8 Å². The molecule has 2 unspecified atom stereocenters. The molecular weight excluding hydrogens is 232 g/mol. The molecule has 1 fully saturated rings. The number of nitrogens with zero attached hydrogens (tertiary/aromatic N) is 1. The molecule has 1 aliphatic rings. The highest BCUT2D eigenvalue weighted by molar-refractivity contribution is 5.86. The first-order chi connectivity index (χ1) is 9.24. The maximum absolute atomic E-state index is 3.78. The van der Waals surface area contributed by atoms with Gasteiger partial charge in [0.1, 0.15) is 0 Å². The standard InChI is InChI=1S/C17H22N2/c1-13(18-15-10-11-19(2)12-15)16-9-5-7-14-6-3-4-8-17(14)16/h3-9,13,15,18H,10-12H2,1-2H3. The van der Waals surface area contributed by atoms with E-state index in [0.29, 0.717) is 12.1 Å². The summed E-state index contributed by atoms with van der Waals surface area (Å²) in [7, 11) is 2.20. The van der Waals surface area contributed by atoms with Gasteiger partial charge in [-0.25, -0.2) is 0 Å². The minimum atomic E-state index is 0.405. The fourth-order valence-corrected chi connectivity index (χ4v) is 3.14. The van der Waals surface area contributed by atoms with Crippen LogP contribution in [0.1, 0.15) is 24.9 Å². The topological polar surface area (TPSA) is 15.3 Å². The van der Waals surface area contributed by atoms with Gasteiger partial charge in [-0.05, 0) is 43.3 Å². The van der Waals surface area contributed by atoms with Crippen molar-refractivity contribution in [1.29, 1.82) is 0 Å². The van der Waals surface area contributed by atoms with E-state index in [0.717, 1.165) is 6.54 Å². The van der Waals surface area contributed by atoms with Gasteiger partial charge in [0.25, 0.3) is 0 Å². The summed E-state index contributed by atoms with van der Waals surface area (Å²) >= 11 is 0. The normalized spacial score (nSPS) is 21.9. The van der Waals surface area contributed by atoms with Crippen LogP contribution in [0.15, 0.2) is 42.5 Å². The fourth-order valence-electron chi connectivity index (χ4n) is 3.14. The predicted molar refractivity (Wildman–Crippen MR) is 81.4 cm³/mol. The van der Waals surface area contributed by atoms with Crippen molar-refractivity contribution in [2.45, 2.75) is 25.4 Å². The monoisotopic (exact) mass is 254 g/mol. The van der Waals surface area contributed by atoms with E-state index in [1.807, 2.05) is 0 Å². The molecule has 0 aliphatic carbocycles. The van der Waals surface area contributed by atoms with Crippen molar-refractivity contribution in [2.24, 2.45) is 0 Å². The van der Waals surface area contributed by atoms with Crippen LogP contribution in [0.2, 0.25) is 0 Å². The lowest BCUT2D eigenvalue weighted by Gasteiger charge is -2.21. The molecule has 100 valence electrons. The number of rotatable bonds is 3. The summed E-state index contributed by atoms with van der Waals surface area (Å²) in [6, 6.07) is 16.3. The number of likely N-dealkylation sites (N-methyl/N-ethyl adjacent to an activating group) is 1. The molecule has 0 spiro atoms. The Kier molecular flexibility index (Phi) is 3.54. The Hall–Kier alpha value is -1.38. The van der Waals surface area contributed by atoms with Crippen molar-refractivity contribution >= 4 is 10.8 Å². The lowest BCUT2D eigenvalue weighted by Crippen LogP contribution is -2.33. The predicted octanol–water partition coefficient (Wildman–Crippen LogP) is 3.19. The second-order valence-corrected chi connectivity index (χ2v) is 5.70. The Bertz CT molecular complexity index is 559. The van der Waals surface area contributed by atoms with Gasteiger partial charge in [0.2, 0.25) is 0 Å². The van der Waals surface area contributed by atoms with Crippen molar-refractivity contribution in [3.05, 3.63) is 48.0 Å². The zero-order valence-corrected chi connectivity index (χ0v) is 11.8. The average Bonchev–Trinajstić information content (AvgIpc) is 2.83. The van der Waals surface area contributed by atoms with E-state index < -0.39 is 0 Å². The molecule has 1 aliphatic heterocycles. The van der Waals surface area contributed by atoms with Gasteiger partial charge < -0.3 is 10.2 Å². The van der Waals surface area contributed by atoms with Crippen LogP contribution >= 0.6 is 0 Å². The molecule has 0 radical (unpaired) electrons. The molecule has 2 aromatic carbocycles. The third-order valence-corrected chi connectivity index (χ3v) is 4.17. The minimum Gasteiger partial charge on any atom is -0.306 e. The summed E-state index contributed by atoms with van der Waals surface area (Å²) in [6.07, 6.45) is 1.26. The first-order valence-corrected chi connectivity index (χ1v) is 7.16. The van der Waals surface area contributed by atoms with Crippen LogP contribution < -0.4 is 5.32 Å². The van der Waals surface area contributed by atoms with Crippen molar-refractivity contribution in [3.63, 3.8) is 0 Å². The van der Waals surface area contributed by atoms with E-state index in [9.17, 15) is 0 Å². The first-order valence-electron chi connectivity index (χ1n) is 7.16. The molecule has 2 heteroatoms. The van der Waals surface area contributed by atoms with Gasteiger partial charge in [-0.2, -0.15) is 0 Å². The fraction of sp³-hybridized carbons (Fsp3) is 0.412. The maximum atomic E-state index is 3.78. The number of hydrogen-bond donors (Lipinski definition) is 1. The summed E-state index contributed by atoms with van der Waals surface area (Å²) in [4.78, 5) is 2.40. The zero-order valence-electron chi connectivity index (χ0n) is 11.8. The van der Waals surface area contributed by atoms with Gasteiger partial charge in [-0.3, -0.25) is 0 Å². The van der Waals surface area contributed by atoms with Gasteiger partial charge in [0.15, 0.2) is 0 Å². The molecule has 2 aromatic rings. The second-order valence-electron chi connectivity index (χ2n) is 5.70. The molecule has 0 bridgehead atoms. The van der Waals surface area contributed by atoms with Gasteiger partial charge in [-0.1, -0.05) is 42.5 Å². The maximum Gasteiger partial charge on any atom is 0.0301 e. The zero-order chi connectivity index (χ0) is 13.2. The summed E-state index contributed by atoms with van der Waals surface area (Å²) in [6.45, 7) is 4.65. The van der Waals surface area contributed by atoms with Crippen molar-refractivity contribution in [3.8, 4) is 0 Å². The minimum absolute atomic E-state index is 0.405. The number of fused-ring (bicyclic) bond motifs is 1. The SMILES string of the molecule is CC(NC1CCN(C)C1)c1cccc2ccccc12. The molecule has 0 amide bonds. The third-order valence-electron chi connectivity index (χ3n) is 4.17. The van der Waals surface area contributed by atoms with Gasteiger partial charge in [0, 0.05) is 18.6 Å². The molecule has 1 N–H and O–H groups in total. The molecule has 3 rings (SSSR count). The van der Waals surface area contributed by atoms with Crippen LogP contribution in [0.3, 0.4) is 0 Å². The molecular formula is C17H22N2. The highest BCUT2D eigenvalue weighted by atomic mass is 15.2. The Balaban J connectivity index is 1.83. The molecule has 0 saturated carbocycles. The molecule has 2 nitrogen and oxygen atoms in total. The van der Waals surface area contributed by atoms with E-state index in [2.05, 4.69) is 66.7 Å². The quantitative estimate of drug-likeness (QED) is 0.905. The molecule has 2 atom stereocenters. The van der Waals surface area contributed by atoms with E-state index in [4.69, 9.17) is 0 Å². The lowest BCUT2D eigenvalue weighted by molar-refractivity contribution is 0.387. The number of benzene rings is 2. The van der Waals surface area contributed by atoms with E-state index in [1.54, 1.807) is 0 Å². The van der Waals surface area contributed by atoms with E-state index >= 15 is 0 Å². The van der Waals surface area contributed by atoms with Gasteiger partial charge in [-0.15, -0.1) is 0 Å². The second kappa shape index (κ2) is 5.32. The van der Waals surface area contributed by atoms with Gasteiger partial charge >= 0.3 is 0 Å². The van der Waals surface area contributed by atoms with Crippen LogP contribution in [0, 0.1) is 0 Å². The average molecular weight is 254 g/mol. The molecule has 0 aromatic heterocycles. The summed E-state index contributed by atoms with van der Waals surface area (Å²) in [5.41, 5.74) is 1.41. The number of nitrogens with one attached hydrogen (secondary N) is 1. The van der Waals surface area contributed by atoms with Crippen LogP contribution in [0.5, 0.6) is 0 Å². The highest BCUT2D eigenvalue weighted by Crippen LogP contribution is 2.25. The van der Waals surface area contributed by atoms with Gasteiger partial charge in [0.05, 0.1) is 0 Å².